The van der Waals surface area contributed by atoms with Crippen LogP contribution in [0.15, 0.2) is 48.6 Å². The van der Waals surface area contributed by atoms with E-state index >= 15 is 0 Å². The van der Waals surface area contributed by atoms with Gasteiger partial charge in [-0.05, 0) is 45.2 Å². The maximum absolute atomic E-state index is 9.93. The minimum absolute atomic E-state index is 0.379. The predicted molar refractivity (Wildman–Crippen MR) is 98.4 cm³/mol. The SMILES string of the molecule is CC/C=C\C[C@H](O)/C=C/C=C\C=C\[C@@H](O)CCN1CCCCC1. The zero-order chi connectivity index (χ0) is 16.8. The molecule has 23 heavy (non-hydrogen) atoms. The average molecular weight is 319 g/mol. The molecule has 0 saturated carbocycles. The van der Waals surface area contributed by atoms with E-state index in [1.165, 1.54) is 32.4 Å². The van der Waals surface area contributed by atoms with Crippen molar-refractivity contribution < 1.29 is 10.2 Å². The van der Waals surface area contributed by atoms with Crippen molar-refractivity contribution in [3.63, 3.8) is 0 Å². The number of aliphatic hydroxyl groups excluding tert-OH is 2. The Balaban J connectivity index is 2.14. The van der Waals surface area contributed by atoms with Crippen LogP contribution in [-0.4, -0.2) is 47.0 Å². The number of allylic oxidation sites excluding steroid dienone is 5. The van der Waals surface area contributed by atoms with Gasteiger partial charge in [0, 0.05) is 6.54 Å². The molecule has 1 aliphatic rings. The summed E-state index contributed by atoms with van der Waals surface area (Å²) in [6, 6.07) is 0. The third kappa shape index (κ3) is 11.1. The number of hydrogen-bond acceptors (Lipinski definition) is 3. The molecule has 3 nitrogen and oxygen atoms in total. The van der Waals surface area contributed by atoms with Crippen molar-refractivity contribution in [2.24, 2.45) is 0 Å². The first kappa shape index (κ1) is 19.9. The number of aliphatic hydroxyl groups is 2. The Morgan fingerprint density at radius 2 is 1.52 bits per heavy atom. The van der Waals surface area contributed by atoms with Crippen LogP contribution in [0.5, 0.6) is 0 Å². The molecule has 1 aliphatic heterocycles. The molecular formula is C20H33NO2. The Labute approximate surface area is 141 Å². The lowest BCUT2D eigenvalue weighted by Gasteiger charge is -2.26. The van der Waals surface area contributed by atoms with Gasteiger partial charge in [0.05, 0.1) is 12.2 Å². The number of piperidine rings is 1. The second kappa shape index (κ2) is 13.3. The van der Waals surface area contributed by atoms with Crippen LogP contribution >= 0.6 is 0 Å². The number of likely N-dealkylation sites (tertiary alicyclic amines) is 1. The van der Waals surface area contributed by atoms with Gasteiger partial charge in [-0.1, -0.05) is 62.0 Å². The molecule has 0 bridgehead atoms. The van der Waals surface area contributed by atoms with Crippen molar-refractivity contribution in [1.29, 1.82) is 0 Å². The van der Waals surface area contributed by atoms with Crippen LogP contribution < -0.4 is 0 Å². The van der Waals surface area contributed by atoms with Crippen LogP contribution in [0, 0.1) is 0 Å². The molecule has 0 aromatic carbocycles. The van der Waals surface area contributed by atoms with Crippen molar-refractivity contribution in [2.45, 2.75) is 57.7 Å². The molecule has 1 heterocycles. The van der Waals surface area contributed by atoms with E-state index in [1.54, 1.807) is 6.08 Å². The lowest BCUT2D eigenvalue weighted by molar-refractivity contribution is 0.164. The van der Waals surface area contributed by atoms with Crippen LogP contribution in [0.1, 0.15) is 45.4 Å². The maximum atomic E-state index is 9.93. The van der Waals surface area contributed by atoms with E-state index in [2.05, 4.69) is 17.9 Å². The van der Waals surface area contributed by atoms with Gasteiger partial charge >= 0.3 is 0 Å². The Morgan fingerprint density at radius 3 is 2.17 bits per heavy atom. The summed E-state index contributed by atoms with van der Waals surface area (Å²) in [5.74, 6) is 0. The van der Waals surface area contributed by atoms with E-state index in [-0.39, 0.29) is 6.10 Å². The Kier molecular flexibility index (Phi) is 11.5. The Bertz CT molecular complexity index is 392. The molecule has 2 N–H and O–H groups in total. The van der Waals surface area contributed by atoms with Crippen molar-refractivity contribution in [1.82, 2.24) is 4.90 Å². The summed E-state index contributed by atoms with van der Waals surface area (Å²) in [6.07, 6.45) is 20.7. The number of rotatable bonds is 10. The molecule has 1 rings (SSSR count). The molecule has 2 atom stereocenters. The highest BCUT2D eigenvalue weighted by Gasteiger charge is 2.10. The van der Waals surface area contributed by atoms with Crippen molar-refractivity contribution in [3.05, 3.63) is 48.6 Å². The van der Waals surface area contributed by atoms with Crippen molar-refractivity contribution in [2.75, 3.05) is 19.6 Å². The van der Waals surface area contributed by atoms with Gasteiger partial charge in [-0.25, -0.2) is 0 Å². The zero-order valence-electron chi connectivity index (χ0n) is 14.5. The molecule has 0 aliphatic carbocycles. The Hall–Kier alpha value is -1.16. The lowest BCUT2D eigenvalue weighted by atomic mass is 10.1. The number of nitrogens with zero attached hydrogens (tertiary/aromatic N) is 1. The molecule has 0 aromatic rings. The molecule has 1 saturated heterocycles. The molecule has 1 fully saturated rings. The van der Waals surface area contributed by atoms with E-state index in [1.807, 2.05) is 36.5 Å². The van der Waals surface area contributed by atoms with Gasteiger partial charge in [-0.3, -0.25) is 0 Å². The molecule has 0 amide bonds. The topological polar surface area (TPSA) is 43.7 Å². The normalized spacial score (nSPS) is 20.3. The van der Waals surface area contributed by atoms with Gasteiger partial charge in [0.2, 0.25) is 0 Å². The van der Waals surface area contributed by atoms with Gasteiger partial charge in [0.15, 0.2) is 0 Å². The molecule has 0 unspecified atom stereocenters. The predicted octanol–water partition coefficient (Wildman–Crippen LogP) is 3.61. The number of hydrogen-bond donors (Lipinski definition) is 2. The fourth-order valence-electron chi connectivity index (χ4n) is 2.59. The largest absolute Gasteiger partial charge is 0.389 e. The first-order valence-electron chi connectivity index (χ1n) is 8.97. The second-order valence-corrected chi connectivity index (χ2v) is 6.10. The van der Waals surface area contributed by atoms with Gasteiger partial charge in [-0.2, -0.15) is 0 Å². The highest BCUT2D eigenvalue weighted by atomic mass is 16.3. The van der Waals surface area contributed by atoms with E-state index in [9.17, 15) is 10.2 Å². The summed E-state index contributed by atoms with van der Waals surface area (Å²) in [4.78, 5) is 2.44. The average Bonchev–Trinajstić information content (AvgIpc) is 2.57. The Morgan fingerprint density at radius 1 is 0.870 bits per heavy atom. The van der Waals surface area contributed by atoms with Gasteiger partial charge < -0.3 is 15.1 Å². The fourth-order valence-corrected chi connectivity index (χ4v) is 2.59. The summed E-state index contributed by atoms with van der Waals surface area (Å²) in [7, 11) is 0. The second-order valence-electron chi connectivity index (χ2n) is 6.10. The van der Waals surface area contributed by atoms with E-state index in [0.29, 0.717) is 6.42 Å². The standard InChI is InChI=1S/C20H33NO2/c1-2-3-7-12-19(22)13-8-4-5-9-14-20(23)15-18-21-16-10-6-11-17-21/h3-5,7-9,13-14,19-20,22-23H,2,6,10-12,15-18H2,1H3/b5-4-,7-3-,13-8+,14-9+/t19-,20+/m0/s1. The van der Waals surface area contributed by atoms with Crippen LogP contribution in [0.25, 0.3) is 0 Å². The lowest BCUT2D eigenvalue weighted by Crippen LogP contribution is -2.32. The summed E-state index contributed by atoms with van der Waals surface area (Å²) < 4.78 is 0. The molecule has 130 valence electrons. The monoisotopic (exact) mass is 319 g/mol. The third-order valence-electron chi connectivity index (χ3n) is 3.97. The highest BCUT2D eigenvalue weighted by Crippen LogP contribution is 2.09. The molecular weight excluding hydrogens is 286 g/mol. The first-order valence-corrected chi connectivity index (χ1v) is 8.97. The molecule has 0 radical (unpaired) electrons. The van der Waals surface area contributed by atoms with Crippen LogP contribution in [0.3, 0.4) is 0 Å². The zero-order valence-corrected chi connectivity index (χ0v) is 14.5. The quantitative estimate of drug-likeness (QED) is 0.477. The van der Waals surface area contributed by atoms with E-state index in [0.717, 1.165) is 19.4 Å². The summed E-state index contributed by atoms with van der Waals surface area (Å²) in [6.45, 7) is 5.41. The highest BCUT2D eigenvalue weighted by molar-refractivity contribution is 5.13. The minimum atomic E-state index is -0.429. The summed E-state index contributed by atoms with van der Waals surface area (Å²) in [5.41, 5.74) is 0. The summed E-state index contributed by atoms with van der Waals surface area (Å²) >= 11 is 0. The van der Waals surface area contributed by atoms with Gasteiger partial charge in [0.25, 0.3) is 0 Å². The smallest absolute Gasteiger partial charge is 0.0758 e. The third-order valence-corrected chi connectivity index (χ3v) is 3.97. The van der Waals surface area contributed by atoms with E-state index < -0.39 is 6.10 Å². The molecule has 0 spiro atoms. The first-order chi connectivity index (χ1) is 11.2. The molecule has 3 heteroatoms. The van der Waals surface area contributed by atoms with E-state index in [4.69, 9.17) is 0 Å². The van der Waals surface area contributed by atoms with Gasteiger partial charge in [-0.15, -0.1) is 0 Å². The maximum Gasteiger partial charge on any atom is 0.0758 e. The van der Waals surface area contributed by atoms with Crippen molar-refractivity contribution in [3.8, 4) is 0 Å². The van der Waals surface area contributed by atoms with Crippen LogP contribution in [0.4, 0.5) is 0 Å². The van der Waals surface area contributed by atoms with Crippen LogP contribution in [0.2, 0.25) is 0 Å². The summed E-state index contributed by atoms with van der Waals surface area (Å²) in [5, 5.41) is 19.6. The fraction of sp³-hybridized carbons (Fsp3) is 0.600. The molecule has 0 aromatic heterocycles. The van der Waals surface area contributed by atoms with Crippen molar-refractivity contribution >= 4 is 0 Å². The van der Waals surface area contributed by atoms with Gasteiger partial charge in [0.1, 0.15) is 0 Å². The van der Waals surface area contributed by atoms with Crippen LogP contribution in [-0.2, 0) is 0 Å². The minimum Gasteiger partial charge on any atom is -0.389 e.